The minimum atomic E-state index is -1.57. The second kappa shape index (κ2) is 6.41. The van der Waals surface area contributed by atoms with Crippen molar-refractivity contribution in [1.82, 2.24) is 4.98 Å². The Morgan fingerprint density at radius 2 is 1.94 bits per heavy atom. The first-order valence-electron chi connectivity index (χ1n) is 5.22. The van der Waals surface area contributed by atoms with Crippen molar-refractivity contribution in [2.45, 2.75) is 12.5 Å². The van der Waals surface area contributed by atoms with Gasteiger partial charge in [0.15, 0.2) is 0 Å². The fourth-order valence-corrected chi connectivity index (χ4v) is 1.26. The summed E-state index contributed by atoms with van der Waals surface area (Å²) in [5.74, 6) is -2.27. The molecule has 0 spiro atoms. The van der Waals surface area contributed by atoms with Crippen molar-refractivity contribution in [2.75, 3.05) is 0 Å². The highest BCUT2D eigenvalue weighted by molar-refractivity contribution is 5.83. The van der Waals surface area contributed by atoms with Crippen LogP contribution < -0.4 is 5.73 Å². The molecule has 0 radical (unpaired) electrons. The maximum atomic E-state index is 9.94. The van der Waals surface area contributed by atoms with E-state index in [-0.39, 0.29) is 0 Å². The molecular formula is C12H14N2O4. The lowest BCUT2D eigenvalue weighted by molar-refractivity contribution is -0.142. The summed E-state index contributed by atoms with van der Waals surface area (Å²) in [4.78, 5) is 22.8. The van der Waals surface area contributed by atoms with Crippen molar-refractivity contribution in [3.63, 3.8) is 0 Å². The number of amides is 1. The number of carbonyl (C=O) groups excluding carboxylic acids is 1. The fraction of sp³-hybridized carbons (Fsp3) is 0.167. The average molecular weight is 250 g/mol. The first kappa shape index (κ1) is 13.7. The van der Waals surface area contributed by atoms with Crippen LogP contribution in [0.5, 0.6) is 0 Å². The molecule has 96 valence electrons. The minimum absolute atomic E-state index is 0.630. The van der Waals surface area contributed by atoms with Gasteiger partial charge >= 0.3 is 5.97 Å². The number of fused-ring (bicyclic) bond motifs is 1. The second-order valence-corrected chi connectivity index (χ2v) is 3.58. The van der Waals surface area contributed by atoms with Gasteiger partial charge in [-0.3, -0.25) is 9.59 Å². The average Bonchev–Trinajstić information content (AvgIpc) is 2.76. The molecule has 0 aliphatic rings. The van der Waals surface area contributed by atoms with Crippen molar-refractivity contribution < 1.29 is 19.8 Å². The lowest BCUT2D eigenvalue weighted by Gasteiger charge is -1.99. The van der Waals surface area contributed by atoms with Crippen LogP contribution >= 0.6 is 0 Å². The Kier molecular flexibility index (Phi) is 4.89. The molecule has 0 aliphatic heterocycles. The number of carboxylic acids is 1. The van der Waals surface area contributed by atoms with Crippen molar-refractivity contribution in [2.24, 2.45) is 5.73 Å². The molecule has 1 aromatic heterocycles. The van der Waals surface area contributed by atoms with E-state index in [2.05, 4.69) is 28.9 Å². The van der Waals surface area contributed by atoms with E-state index in [1.54, 1.807) is 0 Å². The number of aliphatic carboxylic acids is 1. The number of nitrogens with two attached hydrogens (primary N) is 1. The van der Waals surface area contributed by atoms with Crippen LogP contribution in [0, 0.1) is 0 Å². The highest BCUT2D eigenvalue weighted by Crippen LogP contribution is 2.09. The zero-order valence-corrected chi connectivity index (χ0v) is 9.54. The maximum absolute atomic E-state index is 9.94. The standard InChI is InChI=1S/C8H7N.C4H7NO4/c1-2-4-8-7(3-1)5-6-9-8;5-4(9)2(6)1-3(7)8/h1-6,9H;2,6H,1H2,(H2,5,9)(H,7,8). The number of aliphatic hydroxyl groups excluding tert-OH is 1. The molecule has 1 atom stereocenters. The molecule has 2 aromatic rings. The molecule has 2 rings (SSSR count). The molecule has 0 bridgehead atoms. The number of carboxylic acid groups (broad SMARTS) is 1. The molecule has 0 fully saturated rings. The van der Waals surface area contributed by atoms with Gasteiger partial charge in [0.05, 0.1) is 6.42 Å². The summed E-state index contributed by atoms with van der Waals surface area (Å²) in [6.07, 6.45) is -0.248. The molecule has 0 saturated heterocycles. The van der Waals surface area contributed by atoms with Crippen LogP contribution in [0.3, 0.4) is 0 Å². The Morgan fingerprint density at radius 3 is 2.44 bits per heavy atom. The lowest BCUT2D eigenvalue weighted by Crippen LogP contribution is -2.30. The summed E-state index contributed by atoms with van der Waals surface area (Å²) in [6.45, 7) is 0. The number of para-hydroxylation sites is 1. The third-order valence-electron chi connectivity index (χ3n) is 2.16. The van der Waals surface area contributed by atoms with E-state index in [9.17, 15) is 9.59 Å². The quantitative estimate of drug-likeness (QED) is 0.633. The zero-order chi connectivity index (χ0) is 13.5. The smallest absolute Gasteiger partial charge is 0.306 e. The molecular weight excluding hydrogens is 236 g/mol. The third-order valence-corrected chi connectivity index (χ3v) is 2.16. The maximum Gasteiger partial charge on any atom is 0.306 e. The van der Waals surface area contributed by atoms with E-state index in [0.717, 1.165) is 0 Å². The summed E-state index contributed by atoms with van der Waals surface area (Å²) in [6, 6.07) is 10.3. The number of hydrogen-bond acceptors (Lipinski definition) is 3. The van der Waals surface area contributed by atoms with Crippen LogP contribution in [0.2, 0.25) is 0 Å². The number of H-pyrrole nitrogens is 1. The van der Waals surface area contributed by atoms with E-state index in [0.29, 0.717) is 0 Å². The number of rotatable bonds is 3. The molecule has 1 heterocycles. The molecule has 1 unspecified atom stereocenters. The normalized spacial score (nSPS) is 11.4. The van der Waals surface area contributed by atoms with E-state index >= 15 is 0 Å². The number of nitrogens with one attached hydrogen (secondary N) is 1. The number of benzene rings is 1. The number of primary amides is 1. The molecule has 18 heavy (non-hydrogen) atoms. The molecule has 6 nitrogen and oxygen atoms in total. The molecule has 0 saturated carbocycles. The molecule has 0 aliphatic carbocycles. The molecule has 6 heteroatoms. The van der Waals surface area contributed by atoms with Crippen molar-refractivity contribution in [1.29, 1.82) is 0 Å². The Morgan fingerprint density at radius 1 is 1.28 bits per heavy atom. The van der Waals surface area contributed by atoms with E-state index in [1.807, 2.05) is 18.3 Å². The Balaban J connectivity index is 0.000000180. The minimum Gasteiger partial charge on any atom is -0.481 e. The topological polar surface area (TPSA) is 116 Å². The highest BCUT2D eigenvalue weighted by atomic mass is 16.4. The van der Waals surface area contributed by atoms with Gasteiger partial charge in [0.2, 0.25) is 5.91 Å². The summed E-state index contributed by atoms with van der Waals surface area (Å²) in [7, 11) is 0. The monoisotopic (exact) mass is 250 g/mol. The number of hydrogen-bond donors (Lipinski definition) is 4. The SMILES string of the molecule is NC(=O)C(O)CC(=O)O.c1ccc2[nH]ccc2c1. The van der Waals surface area contributed by atoms with Gasteiger partial charge in [0, 0.05) is 11.7 Å². The van der Waals surface area contributed by atoms with Crippen LogP contribution in [0.15, 0.2) is 36.5 Å². The van der Waals surface area contributed by atoms with Crippen LogP contribution in [-0.2, 0) is 9.59 Å². The van der Waals surface area contributed by atoms with Gasteiger partial charge in [-0.1, -0.05) is 18.2 Å². The Bertz CT molecular complexity index is 505. The van der Waals surface area contributed by atoms with E-state index in [4.69, 9.17) is 10.2 Å². The molecule has 1 amide bonds. The van der Waals surface area contributed by atoms with Gasteiger partial charge in [0.25, 0.3) is 0 Å². The zero-order valence-electron chi connectivity index (χ0n) is 9.54. The predicted molar refractivity (Wildman–Crippen MR) is 65.8 cm³/mol. The van der Waals surface area contributed by atoms with Gasteiger partial charge in [-0.25, -0.2) is 0 Å². The summed E-state index contributed by atoms with van der Waals surface area (Å²) < 4.78 is 0. The van der Waals surface area contributed by atoms with E-state index < -0.39 is 24.4 Å². The number of carbonyl (C=O) groups is 2. The molecule has 5 N–H and O–H groups in total. The van der Waals surface area contributed by atoms with Gasteiger partial charge in [-0.15, -0.1) is 0 Å². The van der Waals surface area contributed by atoms with Crippen LogP contribution in [0.4, 0.5) is 0 Å². The summed E-state index contributed by atoms with van der Waals surface area (Å²) in [5, 5.41) is 17.7. The largest absolute Gasteiger partial charge is 0.481 e. The second-order valence-electron chi connectivity index (χ2n) is 3.58. The molecule has 1 aromatic carbocycles. The lowest BCUT2D eigenvalue weighted by atomic mass is 10.2. The van der Waals surface area contributed by atoms with Crippen LogP contribution in [-0.4, -0.2) is 33.2 Å². The van der Waals surface area contributed by atoms with Gasteiger partial charge in [0.1, 0.15) is 6.10 Å². The van der Waals surface area contributed by atoms with Gasteiger partial charge in [-0.05, 0) is 17.5 Å². The van der Waals surface area contributed by atoms with Crippen LogP contribution in [0.1, 0.15) is 6.42 Å². The highest BCUT2D eigenvalue weighted by Gasteiger charge is 2.14. The van der Waals surface area contributed by atoms with Crippen molar-refractivity contribution >= 4 is 22.8 Å². The van der Waals surface area contributed by atoms with E-state index in [1.165, 1.54) is 10.9 Å². The predicted octanol–water partition coefficient (Wildman–Crippen LogP) is 0.475. The number of aromatic amines is 1. The first-order valence-corrected chi connectivity index (χ1v) is 5.22. The number of aliphatic hydroxyl groups is 1. The summed E-state index contributed by atoms with van der Waals surface area (Å²) >= 11 is 0. The summed E-state index contributed by atoms with van der Waals surface area (Å²) in [5.41, 5.74) is 5.74. The third kappa shape index (κ3) is 4.26. The van der Waals surface area contributed by atoms with Gasteiger partial charge in [-0.2, -0.15) is 0 Å². The fourth-order valence-electron chi connectivity index (χ4n) is 1.26. The van der Waals surface area contributed by atoms with Gasteiger partial charge < -0.3 is 20.9 Å². The van der Waals surface area contributed by atoms with Crippen molar-refractivity contribution in [3.05, 3.63) is 36.5 Å². The number of aromatic nitrogens is 1. The van der Waals surface area contributed by atoms with Crippen molar-refractivity contribution in [3.8, 4) is 0 Å². The Labute approximate surface area is 103 Å². The Hall–Kier alpha value is -2.34. The van der Waals surface area contributed by atoms with Crippen LogP contribution in [0.25, 0.3) is 10.9 Å². The first-order chi connectivity index (χ1) is 8.50.